The molecule has 1 fully saturated rings. The molecule has 1 aliphatic carbocycles. The average Bonchev–Trinajstić information content (AvgIpc) is 2.24. The van der Waals surface area contributed by atoms with Gasteiger partial charge in [-0.3, -0.25) is 9.59 Å². The van der Waals surface area contributed by atoms with Crippen LogP contribution in [0.1, 0.15) is 57.8 Å². The first-order chi connectivity index (χ1) is 7.59. The summed E-state index contributed by atoms with van der Waals surface area (Å²) in [6.07, 6.45) is 7.23. The van der Waals surface area contributed by atoms with Crippen molar-refractivity contribution >= 4 is 11.9 Å². The van der Waals surface area contributed by atoms with Gasteiger partial charge in [0.05, 0.1) is 0 Å². The molecule has 16 heavy (non-hydrogen) atoms. The molecule has 0 radical (unpaired) electrons. The van der Waals surface area contributed by atoms with Crippen molar-refractivity contribution in [1.29, 1.82) is 0 Å². The van der Waals surface area contributed by atoms with Crippen molar-refractivity contribution < 1.29 is 19.8 Å². The van der Waals surface area contributed by atoms with Gasteiger partial charge in [0.15, 0.2) is 5.41 Å². The molecule has 0 spiro atoms. The highest BCUT2D eigenvalue weighted by molar-refractivity contribution is 5.98. The second-order valence-corrected chi connectivity index (χ2v) is 4.67. The third-order valence-electron chi connectivity index (χ3n) is 3.53. The van der Waals surface area contributed by atoms with Gasteiger partial charge in [0.25, 0.3) is 0 Å². The zero-order chi connectivity index (χ0) is 12.0. The molecule has 0 saturated heterocycles. The highest BCUT2D eigenvalue weighted by Crippen LogP contribution is 2.33. The predicted octanol–water partition coefficient (Wildman–Crippen LogP) is 2.67. The van der Waals surface area contributed by atoms with Gasteiger partial charge in [0.1, 0.15) is 0 Å². The zero-order valence-electron chi connectivity index (χ0n) is 9.57. The minimum atomic E-state index is -1.53. The number of aliphatic carboxylic acids is 2. The molecular weight excluding hydrogens is 208 g/mol. The third-order valence-corrected chi connectivity index (χ3v) is 3.53. The summed E-state index contributed by atoms with van der Waals surface area (Å²) < 4.78 is 0. The van der Waals surface area contributed by atoms with Crippen molar-refractivity contribution in [3.8, 4) is 0 Å². The van der Waals surface area contributed by atoms with Gasteiger partial charge in [-0.2, -0.15) is 0 Å². The molecular formula is C12H20O4. The quantitative estimate of drug-likeness (QED) is 0.712. The predicted molar refractivity (Wildman–Crippen MR) is 59.3 cm³/mol. The molecule has 0 unspecified atom stereocenters. The lowest BCUT2D eigenvalue weighted by atomic mass is 9.77. The molecule has 4 nitrogen and oxygen atoms in total. The summed E-state index contributed by atoms with van der Waals surface area (Å²) in [5, 5.41) is 18.3. The van der Waals surface area contributed by atoms with Gasteiger partial charge in [-0.25, -0.2) is 0 Å². The molecule has 1 rings (SSSR count). The summed E-state index contributed by atoms with van der Waals surface area (Å²) in [6, 6.07) is 0. The molecule has 2 N–H and O–H groups in total. The van der Waals surface area contributed by atoms with Gasteiger partial charge >= 0.3 is 11.9 Å². The van der Waals surface area contributed by atoms with E-state index in [0.717, 1.165) is 25.7 Å². The van der Waals surface area contributed by atoms with Gasteiger partial charge in [-0.15, -0.1) is 0 Å². The summed E-state index contributed by atoms with van der Waals surface area (Å²) in [7, 11) is 0. The van der Waals surface area contributed by atoms with Crippen LogP contribution in [0.2, 0.25) is 0 Å². The molecule has 1 aliphatic rings. The van der Waals surface area contributed by atoms with Crippen LogP contribution in [-0.2, 0) is 9.59 Å². The first-order valence-electron chi connectivity index (χ1n) is 6.06. The normalized spacial score (nSPS) is 22.2. The third kappa shape index (κ3) is 2.97. The van der Waals surface area contributed by atoms with E-state index in [9.17, 15) is 9.59 Å². The Morgan fingerprint density at radius 2 is 1.00 bits per heavy atom. The van der Waals surface area contributed by atoms with Gasteiger partial charge in [-0.1, -0.05) is 44.9 Å². The number of hydrogen-bond donors (Lipinski definition) is 2. The summed E-state index contributed by atoms with van der Waals surface area (Å²) in [5.41, 5.74) is -1.53. The molecule has 4 heteroatoms. The Bertz CT molecular complexity index is 234. The van der Waals surface area contributed by atoms with Crippen LogP contribution in [0.5, 0.6) is 0 Å². The minimum absolute atomic E-state index is 0.275. The number of carboxylic acids is 2. The van der Waals surface area contributed by atoms with Crippen LogP contribution in [-0.4, -0.2) is 22.2 Å². The Kier molecular flexibility index (Phi) is 4.77. The van der Waals surface area contributed by atoms with Crippen molar-refractivity contribution in [3.05, 3.63) is 0 Å². The molecule has 1 saturated carbocycles. The van der Waals surface area contributed by atoms with Gasteiger partial charge in [0, 0.05) is 0 Å². The van der Waals surface area contributed by atoms with Crippen LogP contribution in [0.3, 0.4) is 0 Å². The zero-order valence-corrected chi connectivity index (χ0v) is 9.57. The Hall–Kier alpha value is -1.06. The topological polar surface area (TPSA) is 74.6 Å². The highest BCUT2D eigenvalue weighted by Gasteiger charge is 2.45. The fourth-order valence-electron chi connectivity index (χ4n) is 2.38. The molecule has 0 aromatic rings. The fourth-order valence-corrected chi connectivity index (χ4v) is 2.38. The second-order valence-electron chi connectivity index (χ2n) is 4.67. The first kappa shape index (κ1) is 13.0. The van der Waals surface area contributed by atoms with E-state index in [1.54, 1.807) is 0 Å². The largest absolute Gasteiger partial charge is 0.480 e. The van der Waals surface area contributed by atoms with E-state index >= 15 is 0 Å². The van der Waals surface area contributed by atoms with Crippen molar-refractivity contribution in [3.63, 3.8) is 0 Å². The fraction of sp³-hybridized carbons (Fsp3) is 0.833. The van der Waals surface area contributed by atoms with Crippen LogP contribution in [0.15, 0.2) is 0 Å². The van der Waals surface area contributed by atoms with E-state index in [1.807, 2.05) is 0 Å². The molecule has 0 heterocycles. The first-order valence-corrected chi connectivity index (χ1v) is 6.06. The number of hydrogen-bond acceptors (Lipinski definition) is 2. The van der Waals surface area contributed by atoms with Gasteiger partial charge < -0.3 is 10.2 Å². The lowest BCUT2D eigenvalue weighted by Gasteiger charge is -2.25. The van der Waals surface area contributed by atoms with Crippen molar-refractivity contribution in [2.24, 2.45) is 5.41 Å². The van der Waals surface area contributed by atoms with E-state index in [0.29, 0.717) is 12.8 Å². The molecule has 0 bridgehead atoms. The summed E-state index contributed by atoms with van der Waals surface area (Å²) in [6.45, 7) is 0. The minimum Gasteiger partial charge on any atom is -0.480 e. The maximum atomic E-state index is 11.2. The maximum absolute atomic E-state index is 11.2. The van der Waals surface area contributed by atoms with Crippen molar-refractivity contribution in [2.45, 2.75) is 57.8 Å². The summed E-state index contributed by atoms with van der Waals surface area (Å²) in [5.74, 6) is -2.33. The van der Waals surface area contributed by atoms with Crippen LogP contribution >= 0.6 is 0 Å². The van der Waals surface area contributed by atoms with Crippen LogP contribution in [0.4, 0.5) is 0 Å². The van der Waals surface area contributed by atoms with Crippen LogP contribution in [0.25, 0.3) is 0 Å². The average molecular weight is 228 g/mol. The van der Waals surface area contributed by atoms with E-state index in [2.05, 4.69) is 0 Å². The molecule has 0 aliphatic heterocycles. The Balaban J connectivity index is 2.76. The Morgan fingerprint density at radius 1 is 0.688 bits per heavy atom. The van der Waals surface area contributed by atoms with Crippen molar-refractivity contribution in [2.75, 3.05) is 0 Å². The Morgan fingerprint density at radius 3 is 1.31 bits per heavy atom. The number of rotatable bonds is 2. The summed E-state index contributed by atoms with van der Waals surface area (Å²) in [4.78, 5) is 22.4. The van der Waals surface area contributed by atoms with E-state index < -0.39 is 17.4 Å². The summed E-state index contributed by atoms with van der Waals surface area (Å²) >= 11 is 0. The van der Waals surface area contributed by atoms with Gasteiger partial charge in [-0.05, 0) is 12.8 Å². The van der Waals surface area contributed by atoms with Gasteiger partial charge in [0.2, 0.25) is 0 Å². The van der Waals surface area contributed by atoms with E-state index in [-0.39, 0.29) is 12.8 Å². The van der Waals surface area contributed by atoms with Crippen molar-refractivity contribution in [1.82, 2.24) is 0 Å². The molecule has 0 aromatic heterocycles. The van der Waals surface area contributed by atoms with E-state index in [4.69, 9.17) is 10.2 Å². The van der Waals surface area contributed by atoms with Crippen LogP contribution in [0, 0.1) is 5.41 Å². The SMILES string of the molecule is O=C(O)C1(C(=O)O)CCCCCCCCC1. The maximum Gasteiger partial charge on any atom is 0.321 e. The smallest absolute Gasteiger partial charge is 0.321 e. The van der Waals surface area contributed by atoms with E-state index in [1.165, 1.54) is 6.42 Å². The molecule has 0 aromatic carbocycles. The standard InChI is InChI=1S/C12H20O4/c13-10(14)12(11(15)16)8-6-4-2-1-3-5-7-9-12/h1-9H2,(H,13,14)(H,15,16). The highest BCUT2D eigenvalue weighted by atomic mass is 16.4. The molecule has 0 amide bonds. The molecule has 0 atom stereocenters. The van der Waals surface area contributed by atoms with Crippen LogP contribution < -0.4 is 0 Å². The monoisotopic (exact) mass is 228 g/mol. The lowest BCUT2D eigenvalue weighted by molar-refractivity contribution is -0.166. The second kappa shape index (κ2) is 5.87. The number of carboxylic acid groups (broad SMARTS) is 2. The number of carbonyl (C=O) groups is 2. The lowest BCUT2D eigenvalue weighted by Crippen LogP contribution is -2.39. The molecule has 92 valence electrons. The Labute approximate surface area is 95.7 Å².